The zero-order valence-electron chi connectivity index (χ0n) is 11.7. The molecule has 1 fully saturated rings. The van der Waals surface area contributed by atoms with Crippen molar-refractivity contribution in [3.8, 4) is 0 Å². The van der Waals surface area contributed by atoms with Crippen LogP contribution in [0.2, 0.25) is 0 Å². The topological polar surface area (TPSA) is 32.3 Å². The molecular formula is C14H28N2O. The maximum atomic E-state index is 12.1. The monoisotopic (exact) mass is 240 g/mol. The predicted molar refractivity (Wildman–Crippen MR) is 72.0 cm³/mol. The second-order valence-electron chi connectivity index (χ2n) is 5.60. The van der Waals surface area contributed by atoms with Gasteiger partial charge >= 0.3 is 0 Å². The van der Waals surface area contributed by atoms with Crippen molar-refractivity contribution in [1.29, 1.82) is 0 Å². The molecule has 0 bridgehead atoms. The molecule has 1 atom stereocenters. The zero-order chi connectivity index (χ0) is 12.7. The smallest absolute Gasteiger partial charge is 0.239 e. The number of rotatable bonds is 6. The highest BCUT2D eigenvalue weighted by molar-refractivity contribution is 5.81. The van der Waals surface area contributed by atoms with Gasteiger partial charge in [0.05, 0.1) is 6.04 Å². The van der Waals surface area contributed by atoms with Crippen LogP contribution in [-0.4, -0.2) is 36.5 Å². The second-order valence-corrected chi connectivity index (χ2v) is 5.60. The fourth-order valence-corrected chi connectivity index (χ4v) is 2.30. The van der Waals surface area contributed by atoms with E-state index in [1.165, 1.54) is 25.7 Å². The molecule has 3 heteroatoms. The van der Waals surface area contributed by atoms with E-state index in [1.54, 1.807) is 0 Å². The molecular weight excluding hydrogens is 212 g/mol. The van der Waals surface area contributed by atoms with E-state index in [0.29, 0.717) is 0 Å². The Balaban J connectivity index is 2.17. The van der Waals surface area contributed by atoms with Crippen molar-refractivity contribution in [2.75, 3.05) is 19.6 Å². The summed E-state index contributed by atoms with van der Waals surface area (Å²) in [6.07, 6.45) is 6.02. The van der Waals surface area contributed by atoms with Crippen LogP contribution in [0.4, 0.5) is 0 Å². The van der Waals surface area contributed by atoms with Crippen LogP contribution in [-0.2, 0) is 4.79 Å². The van der Waals surface area contributed by atoms with Gasteiger partial charge in [-0.1, -0.05) is 13.8 Å². The van der Waals surface area contributed by atoms with Crippen LogP contribution >= 0.6 is 0 Å². The van der Waals surface area contributed by atoms with E-state index in [4.69, 9.17) is 0 Å². The number of likely N-dealkylation sites (tertiary alicyclic amines) is 1. The highest BCUT2D eigenvalue weighted by Crippen LogP contribution is 2.10. The third-order valence-electron chi connectivity index (χ3n) is 3.45. The molecule has 1 aliphatic heterocycles. The fourth-order valence-electron chi connectivity index (χ4n) is 2.30. The van der Waals surface area contributed by atoms with Gasteiger partial charge in [0.1, 0.15) is 0 Å². The molecule has 0 aromatic rings. The maximum absolute atomic E-state index is 12.1. The Kier molecular flexibility index (Phi) is 6.56. The summed E-state index contributed by atoms with van der Waals surface area (Å²) in [6, 6.07) is -0.0136. The first-order valence-electron chi connectivity index (χ1n) is 7.13. The lowest BCUT2D eigenvalue weighted by atomic mass is 10.1. The summed E-state index contributed by atoms with van der Waals surface area (Å²) in [5.74, 6) is 1.04. The molecule has 0 saturated carbocycles. The molecule has 17 heavy (non-hydrogen) atoms. The quantitative estimate of drug-likeness (QED) is 0.723. The van der Waals surface area contributed by atoms with E-state index in [0.717, 1.165) is 32.0 Å². The Bertz CT molecular complexity index is 222. The Morgan fingerprint density at radius 2 is 1.82 bits per heavy atom. The molecule has 0 aliphatic carbocycles. The van der Waals surface area contributed by atoms with Crippen LogP contribution in [0.5, 0.6) is 0 Å². The van der Waals surface area contributed by atoms with Crippen LogP contribution in [0.25, 0.3) is 0 Å². The number of hydrogen-bond acceptors (Lipinski definition) is 2. The van der Waals surface area contributed by atoms with Crippen LogP contribution in [0, 0.1) is 5.92 Å². The summed E-state index contributed by atoms with van der Waals surface area (Å²) in [7, 11) is 0. The number of amides is 1. The van der Waals surface area contributed by atoms with Gasteiger partial charge in [-0.05, 0) is 51.5 Å². The maximum Gasteiger partial charge on any atom is 0.239 e. The first-order valence-corrected chi connectivity index (χ1v) is 7.13. The minimum atomic E-state index is -0.0136. The number of nitrogens with zero attached hydrogens (tertiary/aromatic N) is 1. The van der Waals surface area contributed by atoms with Gasteiger partial charge in [0.25, 0.3) is 0 Å². The van der Waals surface area contributed by atoms with E-state index in [9.17, 15) is 4.79 Å². The number of nitrogens with one attached hydrogen (secondary N) is 1. The number of piperidine rings is 1. The van der Waals surface area contributed by atoms with Gasteiger partial charge in [0, 0.05) is 13.1 Å². The first kappa shape index (κ1) is 14.5. The average Bonchev–Trinajstić information content (AvgIpc) is 2.34. The van der Waals surface area contributed by atoms with Crippen LogP contribution in [0.15, 0.2) is 0 Å². The highest BCUT2D eigenvalue weighted by Gasteiger charge is 2.21. The van der Waals surface area contributed by atoms with Crippen LogP contribution < -0.4 is 5.32 Å². The van der Waals surface area contributed by atoms with Crippen molar-refractivity contribution in [3.63, 3.8) is 0 Å². The lowest BCUT2D eigenvalue weighted by Gasteiger charge is -2.29. The molecule has 1 aliphatic rings. The molecule has 1 amide bonds. The van der Waals surface area contributed by atoms with Gasteiger partial charge in [-0.15, -0.1) is 0 Å². The summed E-state index contributed by atoms with van der Waals surface area (Å²) in [5, 5.41) is 3.34. The summed E-state index contributed by atoms with van der Waals surface area (Å²) >= 11 is 0. The molecule has 0 aromatic carbocycles. The fraction of sp³-hybridized carbons (Fsp3) is 0.929. The Hall–Kier alpha value is -0.570. The Morgan fingerprint density at radius 1 is 1.18 bits per heavy atom. The summed E-state index contributed by atoms with van der Waals surface area (Å²) in [4.78, 5) is 14.1. The Morgan fingerprint density at radius 3 is 2.41 bits per heavy atom. The minimum absolute atomic E-state index is 0.0136. The summed E-state index contributed by atoms with van der Waals surface area (Å²) in [5.41, 5.74) is 0. The second kappa shape index (κ2) is 7.70. The van der Waals surface area contributed by atoms with Crippen LogP contribution in [0.3, 0.4) is 0 Å². The predicted octanol–water partition coefficient (Wildman–Crippen LogP) is 2.41. The van der Waals surface area contributed by atoms with Crippen molar-refractivity contribution in [3.05, 3.63) is 0 Å². The average molecular weight is 240 g/mol. The van der Waals surface area contributed by atoms with E-state index >= 15 is 0 Å². The van der Waals surface area contributed by atoms with E-state index in [-0.39, 0.29) is 11.9 Å². The van der Waals surface area contributed by atoms with Crippen molar-refractivity contribution in [2.45, 2.75) is 58.9 Å². The lowest BCUT2D eigenvalue weighted by molar-refractivity contribution is -0.133. The van der Waals surface area contributed by atoms with E-state index in [2.05, 4.69) is 19.2 Å². The minimum Gasteiger partial charge on any atom is -0.341 e. The van der Waals surface area contributed by atoms with Gasteiger partial charge < -0.3 is 10.2 Å². The SMILES string of the molecule is CC(C)CCCNC(C)C(=O)N1CCCCC1. The summed E-state index contributed by atoms with van der Waals surface area (Å²) in [6.45, 7) is 9.34. The number of carbonyl (C=O) groups excluding carboxylic acids is 1. The van der Waals surface area contributed by atoms with Gasteiger partial charge in [0.2, 0.25) is 5.91 Å². The summed E-state index contributed by atoms with van der Waals surface area (Å²) < 4.78 is 0. The molecule has 100 valence electrons. The standard InChI is InChI=1S/C14H28N2O/c1-12(2)8-7-9-15-13(3)14(17)16-10-5-4-6-11-16/h12-13,15H,4-11H2,1-3H3. The van der Waals surface area contributed by atoms with Gasteiger partial charge in [-0.2, -0.15) is 0 Å². The van der Waals surface area contributed by atoms with Gasteiger partial charge in [-0.25, -0.2) is 0 Å². The molecule has 1 heterocycles. The zero-order valence-corrected chi connectivity index (χ0v) is 11.7. The molecule has 1 saturated heterocycles. The van der Waals surface area contributed by atoms with Crippen LogP contribution in [0.1, 0.15) is 52.9 Å². The first-order chi connectivity index (χ1) is 8.11. The number of carbonyl (C=O) groups is 1. The molecule has 1 rings (SSSR count). The van der Waals surface area contributed by atoms with Crippen molar-refractivity contribution < 1.29 is 4.79 Å². The van der Waals surface area contributed by atoms with Gasteiger partial charge in [0.15, 0.2) is 0 Å². The normalized spacial score (nSPS) is 18.5. The molecule has 0 spiro atoms. The van der Waals surface area contributed by atoms with Crippen molar-refractivity contribution in [1.82, 2.24) is 10.2 Å². The van der Waals surface area contributed by atoms with Crippen molar-refractivity contribution >= 4 is 5.91 Å². The third kappa shape index (κ3) is 5.53. The highest BCUT2D eigenvalue weighted by atomic mass is 16.2. The molecule has 1 N–H and O–H groups in total. The van der Waals surface area contributed by atoms with Gasteiger partial charge in [-0.3, -0.25) is 4.79 Å². The molecule has 1 unspecified atom stereocenters. The molecule has 0 radical (unpaired) electrons. The number of hydrogen-bond donors (Lipinski definition) is 1. The molecule has 0 aromatic heterocycles. The van der Waals surface area contributed by atoms with E-state index in [1.807, 2.05) is 11.8 Å². The molecule has 3 nitrogen and oxygen atoms in total. The lowest BCUT2D eigenvalue weighted by Crippen LogP contribution is -2.47. The third-order valence-corrected chi connectivity index (χ3v) is 3.45. The van der Waals surface area contributed by atoms with E-state index < -0.39 is 0 Å². The Labute approximate surface area is 106 Å². The largest absolute Gasteiger partial charge is 0.341 e. The van der Waals surface area contributed by atoms with Crippen molar-refractivity contribution in [2.24, 2.45) is 5.92 Å².